The second-order valence-corrected chi connectivity index (χ2v) is 5.79. The van der Waals surface area contributed by atoms with E-state index in [0.29, 0.717) is 11.8 Å². The smallest absolute Gasteiger partial charge is 0.00449 e. The topological polar surface area (TPSA) is 0 Å². The summed E-state index contributed by atoms with van der Waals surface area (Å²) in [7, 11) is 0. The van der Waals surface area contributed by atoms with Gasteiger partial charge in [-0.05, 0) is 51.0 Å². The van der Waals surface area contributed by atoms with Crippen LogP contribution in [0.15, 0.2) is 34.9 Å². The summed E-state index contributed by atoms with van der Waals surface area (Å²) in [5, 5.41) is 0. The number of hydrogen-bond acceptors (Lipinski definition) is 0. The lowest BCUT2D eigenvalue weighted by Crippen LogP contribution is -2.16. The highest BCUT2D eigenvalue weighted by molar-refractivity contribution is 5.33. The first-order valence-corrected chi connectivity index (χ1v) is 6.99. The third kappa shape index (κ3) is 3.59. The predicted octanol–water partition coefficient (Wildman–Crippen LogP) is 5.53. The number of hydrogen-bond donors (Lipinski definition) is 0. The van der Waals surface area contributed by atoms with Crippen LogP contribution in [0.5, 0.6) is 0 Å². The van der Waals surface area contributed by atoms with Crippen LogP contribution >= 0.6 is 0 Å². The summed E-state index contributed by atoms with van der Waals surface area (Å²) in [6.45, 7) is 13.6. The van der Waals surface area contributed by atoms with E-state index in [1.54, 1.807) is 11.1 Å². The molecule has 0 nitrogen and oxygen atoms in total. The molecular weight excluding hydrogens is 204 g/mol. The molecule has 17 heavy (non-hydrogen) atoms. The Morgan fingerprint density at radius 3 is 2.35 bits per heavy atom. The van der Waals surface area contributed by atoms with Crippen molar-refractivity contribution in [2.24, 2.45) is 17.8 Å². The van der Waals surface area contributed by atoms with Crippen molar-refractivity contribution in [1.82, 2.24) is 0 Å². The molecule has 1 rings (SSSR count). The van der Waals surface area contributed by atoms with Crippen LogP contribution in [0.3, 0.4) is 0 Å². The Hall–Kier alpha value is -0.780. The second-order valence-electron chi connectivity index (χ2n) is 5.79. The van der Waals surface area contributed by atoms with Crippen molar-refractivity contribution in [1.29, 1.82) is 0 Å². The first kappa shape index (κ1) is 14.3. The van der Waals surface area contributed by atoms with E-state index in [9.17, 15) is 0 Å². The number of rotatable bonds is 3. The number of allylic oxidation sites excluding steroid dienone is 6. The molecule has 0 saturated heterocycles. The zero-order valence-electron chi connectivity index (χ0n) is 12.4. The summed E-state index contributed by atoms with van der Waals surface area (Å²) in [6, 6.07) is 0. The van der Waals surface area contributed by atoms with E-state index in [1.807, 2.05) is 0 Å². The maximum absolute atomic E-state index is 2.36. The minimum atomic E-state index is 0.637. The lowest BCUT2D eigenvalue weighted by molar-refractivity contribution is 0.473. The lowest BCUT2D eigenvalue weighted by Gasteiger charge is -2.30. The van der Waals surface area contributed by atoms with Gasteiger partial charge in [-0.25, -0.2) is 0 Å². The predicted molar refractivity (Wildman–Crippen MR) is 78.0 cm³/mol. The van der Waals surface area contributed by atoms with Crippen LogP contribution in [0.1, 0.15) is 54.4 Å². The Labute approximate surface area is 108 Å². The summed E-state index contributed by atoms with van der Waals surface area (Å²) in [4.78, 5) is 0. The molecule has 0 aromatic heterocycles. The fourth-order valence-corrected chi connectivity index (χ4v) is 2.65. The minimum absolute atomic E-state index is 0.637. The van der Waals surface area contributed by atoms with Crippen molar-refractivity contribution in [2.45, 2.75) is 54.4 Å². The summed E-state index contributed by atoms with van der Waals surface area (Å²) in [5.74, 6) is 2.07. The van der Waals surface area contributed by atoms with Gasteiger partial charge in [0.2, 0.25) is 0 Å². The molecule has 0 saturated carbocycles. The molecule has 0 aromatic carbocycles. The van der Waals surface area contributed by atoms with Crippen LogP contribution in [0, 0.1) is 17.8 Å². The van der Waals surface area contributed by atoms with Gasteiger partial charge < -0.3 is 0 Å². The minimum Gasteiger partial charge on any atom is -0.0838 e. The van der Waals surface area contributed by atoms with Crippen molar-refractivity contribution in [3.8, 4) is 0 Å². The van der Waals surface area contributed by atoms with Gasteiger partial charge >= 0.3 is 0 Å². The summed E-state index contributed by atoms with van der Waals surface area (Å²) in [6.07, 6.45) is 9.58. The molecule has 96 valence electrons. The van der Waals surface area contributed by atoms with Crippen molar-refractivity contribution in [2.75, 3.05) is 0 Å². The Kier molecular flexibility index (Phi) is 5.24. The van der Waals surface area contributed by atoms with Crippen LogP contribution < -0.4 is 0 Å². The first-order valence-electron chi connectivity index (χ1n) is 6.99. The monoisotopic (exact) mass is 232 g/mol. The van der Waals surface area contributed by atoms with E-state index in [2.05, 4.69) is 59.8 Å². The molecule has 2 atom stereocenters. The molecule has 1 aliphatic rings. The van der Waals surface area contributed by atoms with E-state index in [-0.39, 0.29) is 0 Å². The Bertz CT molecular complexity index is 339. The molecule has 1 aliphatic carbocycles. The largest absolute Gasteiger partial charge is 0.0838 e. The van der Waals surface area contributed by atoms with Crippen molar-refractivity contribution in [3.05, 3.63) is 34.9 Å². The second kappa shape index (κ2) is 6.23. The lowest BCUT2D eigenvalue weighted by atomic mass is 9.75. The summed E-state index contributed by atoms with van der Waals surface area (Å²) >= 11 is 0. The van der Waals surface area contributed by atoms with Gasteiger partial charge in [0.1, 0.15) is 0 Å². The Morgan fingerprint density at radius 2 is 1.82 bits per heavy atom. The molecule has 2 unspecified atom stereocenters. The van der Waals surface area contributed by atoms with E-state index in [0.717, 1.165) is 5.92 Å². The van der Waals surface area contributed by atoms with E-state index >= 15 is 0 Å². The van der Waals surface area contributed by atoms with Crippen LogP contribution in [0.2, 0.25) is 0 Å². The van der Waals surface area contributed by atoms with Gasteiger partial charge in [-0.15, -0.1) is 0 Å². The molecule has 0 radical (unpaired) electrons. The third-order valence-electron chi connectivity index (χ3n) is 4.18. The van der Waals surface area contributed by atoms with Gasteiger partial charge in [-0.1, -0.05) is 50.1 Å². The van der Waals surface area contributed by atoms with Crippen LogP contribution in [0.4, 0.5) is 0 Å². The van der Waals surface area contributed by atoms with Crippen LogP contribution in [-0.2, 0) is 0 Å². The summed E-state index contributed by atoms with van der Waals surface area (Å²) < 4.78 is 0. The zero-order valence-corrected chi connectivity index (χ0v) is 12.4. The van der Waals surface area contributed by atoms with Gasteiger partial charge in [0.25, 0.3) is 0 Å². The molecule has 0 bridgehead atoms. The molecule has 0 fully saturated rings. The van der Waals surface area contributed by atoms with Gasteiger partial charge in [0.05, 0.1) is 0 Å². The normalized spacial score (nSPS) is 27.4. The van der Waals surface area contributed by atoms with E-state index < -0.39 is 0 Å². The maximum atomic E-state index is 2.36. The molecule has 0 aliphatic heterocycles. The van der Waals surface area contributed by atoms with E-state index in [4.69, 9.17) is 0 Å². The molecule has 0 aromatic rings. The molecular formula is C17H28. The SMILES string of the molecule is C/C=C(\C=C/C(C)C)C1CCC(C)C(C)=C1C. The fourth-order valence-electron chi connectivity index (χ4n) is 2.65. The van der Waals surface area contributed by atoms with Gasteiger partial charge in [-0.3, -0.25) is 0 Å². The van der Waals surface area contributed by atoms with Crippen molar-refractivity contribution >= 4 is 0 Å². The average molecular weight is 232 g/mol. The van der Waals surface area contributed by atoms with Gasteiger partial charge in [0.15, 0.2) is 0 Å². The van der Waals surface area contributed by atoms with E-state index in [1.165, 1.54) is 18.4 Å². The molecule has 0 heterocycles. The highest BCUT2D eigenvalue weighted by Crippen LogP contribution is 2.37. The highest BCUT2D eigenvalue weighted by Gasteiger charge is 2.23. The van der Waals surface area contributed by atoms with Crippen LogP contribution in [-0.4, -0.2) is 0 Å². The zero-order chi connectivity index (χ0) is 13.0. The average Bonchev–Trinajstić information content (AvgIpc) is 2.29. The first-order chi connectivity index (χ1) is 7.97. The van der Waals surface area contributed by atoms with Gasteiger partial charge in [-0.2, -0.15) is 0 Å². The Balaban J connectivity index is 2.92. The fraction of sp³-hybridized carbons (Fsp3) is 0.647. The maximum Gasteiger partial charge on any atom is 0.00449 e. The third-order valence-corrected chi connectivity index (χ3v) is 4.18. The molecule has 0 spiro atoms. The standard InChI is InChI=1S/C17H28/c1-7-16(10-8-12(2)3)17-11-9-13(4)14(5)15(17)6/h7-8,10,12-13,17H,9,11H2,1-6H3/b10-8-,16-7+. The van der Waals surface area contributed by atoms with Crippen molar-refractivity contribution < 1.29 is 0 Å². The molecule has 0 N–H and O–H groups in total. The quantitative estimate of drug-likeness (QED) is 0.443. The highest BCUT2D eigenvalue weighted by atomic mass is 14.3. The molecule has 0 heteroatoms. The summed E-state index contributed by atoms with van der Waals surface area (Å²) in [5.41, 5.74) is 4.71. The van der Waals surface area contributed by atoms with Crippen LogP contribution in [0.25, 0.3) is 0 Å². The Morgan fingerprint density at radius 1 is 1.18 bits per heavy atom. The van der Waals surface area contributed by atoms with Crippen molar-refractivity contribution in [3.63, 3.8) is 0 Å². The molecule has 0 amide bonds. The van der Waals surface area contributed by atoms with Gasteiger partial charge in [0, 0.05) is 5.92 Å².